The zero-order valence-electron chi connectivity index (χ0n) is 30.0. The lowest BCUT2D eigenvalue weighted by atomic mass is 9.93. The number of rotatable bonds is 7. The number of imide groups is 1. The number of aromatic hydroxyl groups is 2. The number of phenols is 2. The van der Waals surface area contributed by atoms with Gasteiger partial charge >= 0.3 is 0 Å². The molecule has 0 atom stereocenters. The maximum Gasteiger partial charge on any atom is 0.271 e. The molecule has 7 aromatic carbocycles. The summed E-state index contributed by atoms with van der Waals surface area (Å²) >= 11 is 0. The predicted molar refractivity (Wildman–Crippen MR) is 212 cm³/mol. The number of amides is 3. The Morgan fingerprint density at radius 1 is 0.655 bits per heavy atom. The zero-order chi connectivity index (χ0) is 40.4. The molecule has 2 aliphatic rings. The second-order valence-corrected chi connectivity index (χ2v) is 13.5. The lowest BCUT2D eigenvalue weighted by Crippen LogP contribution is -2.36. The van der Waals surface area contributed by atoms with E-state index in [-0.39, 0.29) is 51.1 Å². The van der Waals surface area contributed by atoms with Gasteiger partial charge in [-0.25, -0.2) is 0 Å². The molecule has 15 nitrogen and oxygen atoms in total. The van der Waals surface area contributed by atoms with Gasteiger partial charge in [-0.05, 0) is 65.0 Å². The van der Waals surface area contributed by atoms with E-state index in [4.69, 9.17) is 0 Å². The summed E-state index contributed by atoms with van der Waals surface area (Å²) in [6, 6.07) is 29.9. The van der Waals surface area contributed by atoms with Crippen molar-refractivity contribution in [3.8, 4) is 22.6 Å². The second-order valence-electron chi connectivity index (χ2n) is 13.5. The number of anilines is 1. The molecule has 0 fully saturated rings. The van der Waals surface area contributed by atoms with Gasteiger partial charge in [0, 0.05) is 57.7 Å². The number of nitro groups is 1. The molecule has 1 heterocycles. The molecule has 1 aliphatic carbocycles. The highest BCUT2D eigenvalue weighted by Crippen LogP contribution is 2.45. The van der Waals surface area contributed by atoms with Crippen molar-refractivity contribution in [2.24, 2.45) is 20.5 Å². The van der Waals surface area contributed by atoms with Crippen molar-refractivity contribution >= 4 is 79.2 Å². The van der Waals surface area contributed by atoms with Crippen LogP contribution in [-0.4, -0.2) is 50.6 Å². The standard InChI is InChI=1S/C43H25N7O8/c1-49-42(55)30-11-5-10-29-36(30)33(43(49)56)20-35(51)37(29)47-45-23-12-14-27-28-15-13-24(19-32(28)39(52)31(27)18-23)46-48-38-26-9-3-2-6-21(26)16-34(40(38)53)41(54)44-22-7-4-8-25(17-22)50(57)58/h2-20,51,53H,1H3,(H,44,54). The van der Waals surface area contributed by atoms with E-state index in [1.54, 1.807) is 78.9 Å². The molecule has 3 N–H and O–H groups in total. The van der Waals surface area contributed by atoms with Crippen LogP contribution in [0.15, 0.2) is 136 Å². The number of hydrogen-bond acceptors (Lipinski definition) is 12. The SMILES string of the molecule is CN1C(=O)c2cccc3c(N=Nc4ccc5c(c4)C(=O)c4cc(N=Nc6c(O)c(C(=O)Nc7cccc([N+](=O)[O-])c7)cc7ccccc67)ccc4-5)c(O)cc(c23)C1=O. The first-order valence-corrected chi connectivity index (χ1v) is 17.6. The Balaban J connectivity index is 1.00. The molecular formula is C43H25N7O8. The van der Waals surface area contributed by atoms with Crippen molar-refractivity contribution in [3.05, 3.63) is 153 Å². The van der Waals surface area contributed by atoms with Crippen LogP contribution in [0.1, 0.15) is 47.0 Å². The van der Waals surface area contributed by atoms with Crippen LogP contribution in [0.25, 0.3) is 32.7 Å². The average Bonchev–Trinajstić information content (AvgIpc) is 3.50. The Morgan fingerprint density at radius 3 is 2.00 bits per heavy atom. The fraction of sp³-hybridized carbons (Fsp3) is 0.0233. The van der Waals surface area contributed by atoms with E-state index >= 15 is 0 Å². The molecule has 0 saturated heterocycles. The van der Waals surface area contributed by atoms with Gasteiger partial charge in [0.15, 0.2) is 11.5 Å². The fourth-order valence-corrected chi connectivity index (χ4v) is 7.24. The molecule has 0 spiro atoms. The number of fused-ring (bicyclic) bond motifs is 4. The highest BCUT2D eigenvalue weighted by Gasteiger charge is 2.32. The Morgan fingerprint density at radius 2 is 1.29 bits per heavy atom. The maximum absolute atomic E-state index is 13.8. The predicted octanol–water partition coefficient (Wildman–Crippen LogP) is 9.83. The van der Waals surface area contributed by atoms with Gasteiger partial charge < -0.3 is 15.5 Å². The normalized spacial score (nSPS) is 13.2. The van der Waals surface area contributed by atoms with Crippen molar-refractivity contribution in [1.82, 2.24) is 4.90 Å². The third-order valence-electron chi connectivity index (χ3n) is 10.1. The number of carbonyl (C=O) groups excluding carboxylic acids is 4. The van der Waals surface area contributed by atoms with E-state index in [0.29, 0.717) is 55.0 Å². The molecule has 0 unspecified atom stereocenters. The molecule has 0 aromatic heterocycles. The Hall–Kier alpha value is -8.46. The molecule has 0 bridgehead atoms. The van der Waals surface area contributed by atoms with E-state index in [2.05, 4.69) is 25.8 Å². The molecule has 280 valence electrons. The number of carbonyl (C=O) groups is 4. The largest absolute Gasteiger partial charge is 0.506 e. The molecule has 1 aliphatic heterocycles. The van der Waals surface area contributed by atoms with Gasteiger partial charge in [0.05, 0.1) is 27.4 Å². The molecule has 0 radical (unpaired) electrons. The van der Waals surface area contributed by atoms with Crippen LogP contribution in [0, 0.1) is 10.1 Å². The summed E-state index contributed by atoms with van der Waals surface area (Å²) in [5.41, 5.74) is 2.94. The van der Waals surface area contributed by atoms with Crippen molar-refractivity contribution in [2.75, 3.05) is 12.4 Å². The van der Waals surface area contributed by atoms with Gasteiger partial charge in [0.1, 0.15) is 17.1 Å². The Labute approximate surface area is 326 Å². The lowest BCUT2D eigenvalue weighted by Gasteiger charge is -2.24. The summed E-state index contributed by atoms with van der Waals surface area (Å²) in [5.74, 6) is -2.82. The van der Waals surface area contributed by atoms with Gasteiger partial charge in [0.2, 0.25) is 0 Å². The van der Waals surface area contributed by atoms with E-state index in [0.717, 1.165) is 4.90 Å². The van der Waals surface area contributed by atoms with Crippen molar-refractivity contribution < 1.29 is 34.3 Å². The smallest absolute Gasteiger partial charge is 0.271 e. The van der Waals surface area contributed by atoms with E-state index in [1.165, 1.54) is 43.4 Å². The molecule has 9 rings (SSSR count). The van der Waals surface area contributed by atoms with Crippen LogP contribution in [0.4, 0.5) is 34.1 Å². The van der Waals surface area contributed by atoms with Gasteiger partial charge in [-0.1, -0.05) is 54.6 Å². The van der Waals surface area contributed by atoms with Crippen molar-refractivity contribution in [2.45, 2.75) is 0 Å². The number of nitro benzene ring substituents is 1. The van der Waals surface area contributed by atoms with Crippen LogP contribution >= 0.6 is 0 Å². The number of ketones is 1. The first kappa shape index (κ1) is 35.3. The van der Waals surface area contributed by atoms with Crippen LogP contribution < -0.4 is 5.32 Å². The van der Waals surface area contributed by atoms with Crippen LogP contribution in [0.2, 0.25) is 0 Å². The van der Waals surface area contributed by atoms with E-state index < -0.39 is 28.4 Å². The second kappa shape index (κ2) is 13.4. The molecular weight excluding hydrogens is 743 g/mol. The molecule has 15 heteroatoms. The van der Waals surface area contributed by atoms with Crippen molar-refractivity contribution in [3.63, 3.8) is 0 Å². The number of hydrogen-bond donors (Lipinski definition) is 3. The van der Waals surface area contributed by atoms with E-state index in [9.17, 15) is 39.5 Å². The topological polar surface area (TPSA) is 217 Å². The minimum atomic E-state index is -0.724. The number of nitrogens with zero attached hydrogens (tertiary/aromatic N) is 6. The van der Waals surface area contributed by atoms with Crippen LogP contribution in [-0.2, 0) is 0 Å². The summed E-state index contributed by atoms with van der Waals surface area (Å²) < 4.78 is 0. The lowest BCUT2D eigenvalue weighted by molar-refractivity contribution is -0.384. The summed E-state index contributed by atoms with van der Waals surface area (Å²) in [6.45, 7) is 0. The minimum absolute atomic E-state index is 0.000198. The zero-order valence-corrected chi connectivity index (χ0v) is 30.0. The molecule has 7 aromatic rings. The molecule has 0 saturated carbocycles. The highest BCUT2D eigenvalue weighted by molar-refractivity contribution is 6.27. The maximum atomic E-state index is 13.8. The Bertz CT molecular complexity index is 3100. The highest BCUT2D eigenvalue weighted by atomic mass is 16.6. The summed E-state index contributed by atoms with van der Waals surface area (Å²) in [7, 11) is 1.38. The minimum Gasteiger partial charge on any atom is -0.506 e. The summed E-state index contributed by atoms with van der Waals surface area (Å²) in [4.78, 5) is 64.4. The third-order valence-corrected chi connectivity index (χ3v) is 10.1. The Kier molecular flexibility index (Phi) is 8.13. The van der Waals surface area contributed by atoms with Gasteiger partial charge in [0.25, 0.3) is 23.4 Å². The number of non-ortho nitro benzene ring substituents is 1. The van der Waals surface area contributed by atoms with Crippen LogP contribution in [0.5, 0.6) is 11.5 Å². The number of azo groups is 2. The number of phenolic OH excluding ortho intramolecular Hbond substituents is 2. The third kappa shape index (κ3) is 5.69. The fourth-order valence-electron chi connectivity index (χ4n) is 7.24. The molecule has 58 heavy (non-hydrogen) atoms. The average molecular weight is 768 g/mol. The molecule has 3 amide bonds. The van der Waals surface area contributed by atoms with Crippen molar-refractivity contribution in [1.29, 1.82) is 0 Å². The summed E-state index contributed by atoms with van der Waals surface area (Å²) in [6.07, 6.45) is 0. The van der Waals surface area contributed by atoms with Gasteiger partial charge in [-0.15, -0.1) is 10.2 Å². The number of benzene rings is 7. The van der Waals surface area contributed by atoms with Gasteiger partial charge in [-0.2, -0.15) is 10.2 Å². The van der Waals surface area contributed by atoms with Crippen LogP contribution in [0.3, 0.4) is 0 Å². The monoisotopic (exact) mass is 767 g/mol. The number of nitrogens with one attached hydrogen (secondary N) is 1. The first-order valence-electron chi connectivity index (χ1n) is 17.6. The summed E-state index contributed by atoms with van der Waals surface area (Å²) in [5, 5.41) is 55.1. The quantitative estimate of drug-likeness (QED) is 0.0612. The van der Waals surface area contributed by atoms with E-state index in [1.807, 2.05) is 0 Å². The van der Waals surface area contributed by atoms with Gasteiger partial charge in [-0.3, -0.25) is 34.2 Å². The first-order chi connectivity index (χ1) is 28.0.